The quantitative estimate of drug-likeness (QED) is 0.788. The monoisotopic (exact) mass is 359 g/mol. The number of aliphatic hydroxyl groups excluding tert-OH is 1. The predicted molar refractivity (Wildman–Crippen MR) is 76.4 cm³/mol. The second kappa shape index (κ2) is 5.18. The lowest BCUT2D eigenvalue weighted by Gasteiger charge is -2.20. The van der Waals surface area contributed by atoms with Gasteiger partial charge in [-0.3, -0.25) is 0 Å². The zero-order valence-corrected chi connectivity index (χ0v) is 12.6. The van der Waals surface area contributed by atoms with E-state index in [0.29, 0.717) is 16.6 Å². The van der Waals surface area contributed by atoms with Gasteiger partial charge in [0.2, 0.25) is 0 Å². The van der Waals surface area contributed by atoms with Gasteiger partial charge in [-0.1, -0.05) is 15.9 Å². The van der Waals surface area contributed by atoms with Crippen LogP contribution in [0.4, 0.5) is 13.2 Å². The molecule has 112 valence electrons. The highest BCUT2D eigenvalue weighted by molar-refractivity contribution is 9.10. The Morgan fingerprint density at radius 2 is 2.00 bits per heavy atom. The second-order valence-electron chi connectivity index (χ2n) is 5.19. The van der Waals surface area contributed by atoms with E-state index in [-0.39, 0.29) is 0 Å². The van der Waals surface area contributed by atoms with Crippen molar-refractivity contribution < 1.29 is 18.3 Å². The third-order valence-corrected chi connectivity index (χ3v) is 4.22. The van der Waals surface area contributed by atoms with Crippen molar-refractivity contribution in [3.8, 4) is 5.69 Å². The van der Waals surface area contributed by atoms with E-state index in [0.717, 1.165) is 36.2 Å². The number of fused-ring (bicyclic) bond motifs is 1. The van der Waals surface area contributed by atoms with Gasteiger partial charge in [-0.05, 0) is 43.5 Å². The van der Waals surface area contributed by atoms with Crippen molar-refractivity contribution in [2.75, 3.05) is 0 Å². The average Bonchev–Trinajstić information content (AvgIpc) is 2.82. The van der Waals surface area contributed by atoms with Gasteiger partial charge in [-0.25, -0.2) is 0 Å². The van der Waals surface area contributed by atoms with Crippen molar-refractivity contribution in [3.63, 3.8) is 0 Å². The molecule has 6 heteroatoms. The van der Waals surface area contributed by atoms with Crippen LogP contribution in [0.1, 0.15) is 35.8 Å². The molecular weight excluding hydrogens is 347 g/mol. The fourth-order valence-electron chi connectivity index (χ4n) is 2.79. The number of hydrogen-bond donors (Lipinski definition) is 1. The standard InChI is InChI=1S/C15H13BrF3NO/c16-10-6-9(15(17,18)19)7-11(8-10)20-5-4-12-13(20)2-1-3-14(12)21/h4-8,14,21H,1-3H2. The van der Waals surface area contributed by atoms with Crippen LogP contribution >= 0.6 is 15.9 Å². The summed E-state index contributed by atoms with van der Waals surface area (Å²) in [6.45, 7) is 0. The smallest absolute Gasteiger partial charge is 0.388 e. The molecule has 0 saturated carbocycles. The Balaban J connectivity index is 2.11. The first-order chi connectivity index (χ1) is 9.86. The molecule has 21 heavy (non-hydrogen) atoms. The van der Waals surface area contributed by atoms with Gasteiger partial charge in [0.25, 0.3) is 0 Å². The Hall–Kier alpha value is -1.27. The fraction of sp³-hybridized carbons (Fsp3) is 0.333. The number of hydrogen-bond acceptors (Lipinski definition) is 1. The molecule has 0 radical (unpaired) electrons. The largest absolute Gasteiger partial charge is 0.416 e. The Kier molecular flexibility index (Phi) is 3.61. The third kappa shape index (κ3) is 2.74. The van der Waals surface area contributed by atoms with Crippen molar-refractivity contribution in [1.82, 2.24) is 4.57 Å². The lowest BCUT2D eigenvalue weighted by atomic mass is 9.95. The molecule has 2 aromatic rings. The summed E-state index contributed by atoms with van der Waals surface area (Å²) < 4.78 is 40.9. The summed E-state index contributed by atoms with van der Waals surface area (Å²) in [4.78, 5) is 0. The number of aliphatic hydroxyl groups is 1. The molecule has 1 N–H and O–H groups in total. The summed E-state index contributed by atoms with van der Waals surface area (Å²) in [5, 5.41) is 9.96. The minimum atomic E-state index is -4.38. The van der Waals surface area contributed by atoms with Crippen molar-refractivity contribution in [3.05, 3.63) is 51.8 Å². The summed E-state index contributed by atoms with van der Waals surface area (Å²) >= 11 is 3.14. The first-order valence-corrected chi connectivity index (χ1v) is 7.42. The van der Waals surface area contributed by atoms with Gasteiger partial charge >= 0.3 is 6.18 Å². The number of alkyl halides is 3. The zero-order chi connectivity index (χ0) is 15.2. The van der Waals surface area contributed by atoms with E-state index in [1.54, 1.807) is 22.9 Å². The van der Waals surface area contributed by atoms with Gasteiger partial charge in [0.1, 0.15) is 0 Å². The first kappa shape index (κ1) is 14.7. The molecule has 0 spiro atoms. The summed E-state index contributed by atoms with van der Waals surface area (Å²) in [7, 11) is 0. The molecule has 1 unspecified atom stereocenters. The first-order valence-electron chi connectivity index (χ1n) is 6.62. The Morgan fingerprint density at radius 1 is 1.24 bits per heavy atom. The van der Waals surface area contributed by atoms with Crippen molar-refractivity contribution in [2.45, 2.75) is 31.5 Å². The molecule has 0 bridgehead atoms. The Morgan fingerprint density at radius 3 is 2.71 bits per heavy atom. The minimum absolute atomic E-state index is 0.381. The normalized spacial score (nSPS) is 18.6. The van der Waals surface area contributed by atoms with Gasteiger partial charge < -0.3 is 9.67 Å². The highest BCUT2D eigenvalue weighted by Gasteiger charge is 2.31. The predicted octanol–water partition coefficient (Wildman–Crippen LogP) is 4.63. The van der Waals surface area contributed by atoms with E-state index in [1.165, 1.54) is 0 Å². The van der Waals surface area contributed by atoms with E-state index in [1.807, 2.05) is 0 Å². The molecule has 1 aliphatic rings. The van der Waals surface area contributed by atoms with Crippen LogP contribution in [0, 0.1) is 0 Å². The lowest BCUT2D eigenvalue weighted by Crippen LogP contribution is -2.12. The second-order valence-corrected chi connectivity index (χ2v) is 6.11. The van der Waals surface area contributed by atoms with Crippen LogP contribution in [0.5, 0.6) is 0 Å². The van der Waals surface area contributed by atoms with Crippen LogP contribution in [0.15, 0.2) is 34.9 Å². The SMILES string of the molecule is OC1CCCc2c1ccn2-c1cc(Br)cc(C(F)(F)F)c1. The molecule has 0 amide bonds. The van der Waals surface area contributed by atoms with E-state index in [4.69, 9.17) is 0 Å². The van der Waals surface area contributed by atoms with E-state index < -0.39 is 17.8 Å². The van der Waals surface area contributed by atoms with Crippen LogP contribution in [0.2, 0.25) is 0 Å². The molecule has 1 aromatic carbocycles. The van der Waals surface area contributed by atoms with E-state index in [2.05, 4.69) is 15.9 Å². The summed E-state index contributed by atoms with van der Waals surface area (Å²) in [6, 6.07) is 5.63. The van der Waals surface area contributed by atoms with Crippen LogP contribution in [0.3, 0.4) is 0 Å². The molecule has 1 heterocycles. The van der Waals surface area contributed by atoms with Gasteiger partial charge in [-0.2, -0.15) is 13.2 Å². The molecule has 0 saturated heterocycles. The number of rotatable bonds is 1. The Bertz CT molecular complexity index is 678. The Labute approximate surface area is 128 Å². The van der Waals surface area contributed by atoms with Crippen molar-refractivity contribution >= 4 is 15.9 Å². The molecule has 0 aliphatic heterocycles. The average molecular weight is 360 g/mol. The maximum Gasteiger partial charge on any atom is 0.416 e. The topological polar surface area (TPSA) is 25.2 Å². The molecule has 3 rings (SSSR count). The molecule has 1 atom stereocenters. The van der Waals surface area contributed by atoms with Crippen molar-refractivity contribution in [2.24, 2.45) is 0 Å². The van der Waals surface area contributed by atoms with Gasteiger partial charge in [0.05, 0.1) is 11.7 Å². The molecule has 1 aromatic heterocycles. The van der Waals surface area contributed by atoms with Gasteiger partial charge in [0, 0.05) is 27.6 Å². The lowest BCUT2D eigenvalue weighted by molar-refractivity contribution is -0.137. The van der Waals surface area contributed by atoms with Crippen LogP contribution < -0.4 is 0 Å². The highest BCUT2D eigenvalue weighted by Crippen LogP contribution is 2.36. The van der Waals surface area contributed by atoms with Crippen molar-refractivity contribution in [1.29, 1.82) is 0 Å². The zero-order valence-electron chi connectivity index (χ0n) is 11.0. The van der Waals surface area contributed by atoms with Crippen LogP contribution in [-0.4, -0.2) is 9.67 Å². The maximum atomic E-state index is 12.9. The van der Waals surface area contributed by atoms with Crippen LogP contribution in [0.25, 0.3) is 5.69 Å². The number of aromatic nitrogens is 1. The third-order valence-electron chi connectivity index (χ3n) is 3.77. The molecule has 0 fully saturated rings. The number of halogens is 4. The number of nitrogens with zero attached hydrogens (tertiary/aromatic N) is 1. The summed E-state index contributed by atoms with van der Waals surface area (Å²) in [5.41, 5.74) is 1.47. The van der Waals surface area contributed by atoms with E-state index >= 15 is 0 Å². The molecular formula is C15H13BrF3NO. The maximum absolute atomic E-state index is 12.9. The van der Waals surface area contributed by atoms with Gasteiger partial charge in [-0.15, -0.1) is 0 Å². The van der Waals surface area contributed by atoms with Gasteiger partial charge in [0.15, 0.2) is 0 Å². The van der Waals surface area contributed by atoms with E-state index in [9.17, 15) is 18.3 Å². The summed E-state index contributed by atoms with van der Waals surface area (Å²) in [5.74, 6) is 0. The minimum Gasteiger partial charge on any atom is -0.388 e. The molecule has 2 nitrogen and oxygen atoms in total. The number of benzene rings is 1. The fourth-order valence-corrected chi connectivity index (χ4v) is 3.27. The highest BCUT2D eigenvalue weighted by atomic mass is 79.9. The van der Waals surface area contributed by atoms with Crippen LogP contribution in [-0.2, 0) is 12.6 Å². The molecule has 1 aliphatic carbocycles. The summed E-state index contributed by atoms with van der Waals surface area (Å²) in [6.07, 6.45) is -0.898.